The summed E-state index contributed by atoms with van der Waals surface area (Å²) >= 11 is 3.33. The Balaban J connectivity index is 2.04. The van der Waals surface area contributed by atoms with Crippen LogP contribution in [-0.4, -0.2) is 35.6 Å². The highest BCUT2D eigenvalue weighted by Crippen LogP contribution is 2.13. The van der Waals surface area contributed by atoms with Crippen LogP contribution in [0, 0.1) is 0 Å². The van der Waals surface area contributed by atoms with E-state index in [0.717, 1.165) is 10.0 Å². The number of benzene rings is 1. The van der Waals surface area contributed by atoms with Gasteiger partial charge in [0.25, 0.3) is 0 Å². The van der Waals surface area contributed by atoms with Crippen LogP contribution in [0.1, 0.15) is 5.56 Å². The first kappa shape index (κ1) is 13.0. The van der Waals surface area contributed by atoms with Crippen molar-refractivity contribution < 1.29 is 14.7 Å². The molecule has 0 bridgehead atoms. The molecule has 0 aliphatic carbocycles. The monoisotopic (exact) mass is 312 g/mol. The van der Waals surface area contributed by atoms with Gasteiger partial charge in [-0.3, -0.25) is 9.59 Å². The Morgan fingerprint density at radius 1 is 1.06 bits per heavy atom. The molecule has 2 rings (SSSR count). The summed E-state index contributed by atoms with van der Waals surface area (Å²) in [5.74, 6) is -0.615. The van der Waals surface area contributed by atoms with Gasteiger partial charge in [-0.2, -0.15) is 0 Å². The van der Waals surface area contributed by atoms with Gasteiger partial charge in [-0.1, -0.05) is 28.1 Å². The molecule has 1 saturated heterocycles. The largest absolute Gasteiger partial charge is 0.394 e. The van der Waals surface area contributed by atoms with Crippen molar-refractivity contribution in [2.75, 3.05) is 6.61 Å². The van der Waals surface area contributed by atoms with Gasteiger partial charge < -0.3 is 15.7 Å². The first-order valence-corrected chi connectivity index (χ1v) is 6.35. The quantitative estimate of drug-likeness (QED) is 0.733. The van der Waals surface area contributed by atoms with Crippen molar-refractivity contribution in [1.29, 1.82) is 0 Å². The first-order chi connectivity index (χ1) is 8.60. The molecule has 96 valence electrons. The Morgan fingerprint density at radius 2 is 1.61 bits per heavy atom. The molecule has 1 aliphatic rings. The van der Waals surface area contributed by atoms with Crippen molar-refractivity contribution in [2.45, 2.75) is 18.5 Å². The number of hydrogen-bond acceptors (Lipinski definition) is 3. The van der Waals surface area contributed by atoms with E-state index in [1.54, 1.807) is 0 Å². The lowest BCUT2D eigenvalue weighted by atomic mass is 10.0. The van der Waals surface area contributed by atoms with Gasteiger partial charge in [-0.25, -0.2) is 0 Å². The predicted octanol–water partition coefficient (Wildman–Crippen LogP) is -0.0329. The fourth-order valence-corrected chi connectivity index (χ4v) is 2.07. The molecular weight excluding hydrogens is 300 g/mol. The SMILES string of the molecule is O=C1N[C@@H](Cc2ccc(Br)cc2)C(=O)NC1CO. The Hall–Kier alpha value is -1.40. The summed E-state index contributed by atoms with van der Waals surface area (Å²) in [6, 6.07) is 6.13. The van der Waals surface area contributed by atoms with Crippen LogP contribution < -0.4 is 10.6 Å². The highest BCUT2D eigenvalue weighted by Gasteiger charge is 2.32. The summed E-state index contributed by atoms with van der Waals surface area (Å²) in [7, 11) is 0. The molecule has 1 aliphatic heterocycles. The number of hydrogen-bond donors (Lipinski definition) is 3. The fraction of sp³-hybridized carbons (Fsp3) is 0.333. The Bertz CT molecular complexity index is 461. The van der Waals surface area contributed by atoms with E-state index in [-0.39, 0.29) is 18.4 Å². The highest BCUT2D eigenvalue weighted by molar-refractivity contribution is 9.10. The minimum absolute atomic E-state index is 0.267. The zero-order valence-electron chi connectivity index (χ0n) is 9.52. The molecule has 2 amide bonds. The van der Waals surface area contributed by atoms with E-state index < -0.39 is 12.1 Å². The first-order valence-electron chi connectivity index (χ1n) is 5.56. The van der Waals surface area contributed by atoms with Crippen molar-refractivity contribution in [1.82, 2.24) is 10.6 Å². The summed E-state index contributed by atoms with van der Waals surface area (Å²) < 4.78 is 0.962. The standard InChI is InChI=1S/C12H13BrN2O3/c13-8-3-1-7(2-4-8)5-9-11(17)15-10(6-16)12(18)14-9/h1-4,9-10,16H,5-6H2,(H,14,18)(H,15,17)/t9-,10?/m0/s1. The van der Waals surface area contributed by atoms with Gasteiger partial charge in [0.15, 0.2) is 0 Å². The Morgan fingerprint density at radius 3 is 2.22 bits per heavy atom. The highest BCUT2D eigenvalue weighted by atomic mass is 79.9. The lowest BCUT2D eigenvalue weighted by molar-refractivity contribution is -0.137. The normalized spacial score (nSPS) is 23.4. The second kappa shape index (κ2) is 5.49. The minimum Gasteiger partial charge on any atom is -0.394 e. The number of aliphatic hydroxyl groups is 1. The molecule has 1 unspecified atom stereocenters. The van der Waals surface area contributed by atoms with Crippen molar-refractivity contribution in [3.05, 3.63) is 34.3 Å². The van der Waals surface area contributed by atoms with Gasteiger partial charge in [0.2, 0.25) is 11.8 Å². The lowest BCUT2D eigenvalue weighted by Gasteiger charge is -2.28. The number of aliphatic hydroxyl groups excluding tert-OH is 1. The van der Waals surface area contributed by atoms with Crippen LogP contribution in [-0.2, 0) is 16.0 Å². The molecule has 5 nitrogen and oxygen atoms in total. The van der Waals surface area contributed by atoms with E-state index in [0.29, 0.717) is 6.42 Å². The van der Waals surface area contributed by atoms with E-state index in [9.17, 15) is 9.59 Å². The van der Waals surface area contributed by atoms with Gasteiger partial charge >= 0.3 is 0 Å². The predicted molar refractivity (Wildman–Crippen MR) is 68.8 cm³/mol. The minimum atomic E-state index is -0.835. The third-order valence-electron chi connectivity index (χ3n) is 2.80. The third-order valence-corrected chi connectivity index (χ3v) is 3.33. The summed E-state index contributed by atoms with van der Waals surface area (Å²) in [6.45, 7) is -0.386. The molecule has 6 heteroatoms. The number of carbonyl (C=O) groups excluding carboxylic acids is 2. The number of rotatable bonds is 3. The number of nitrogens with one attached hydrogen (secondary N) is 2. The van der Waals surface area contributed by atoms with E-state index >= 15 is 0 Å². The molecule has 3 N–H and O–H groups in total. The van der Waals surface area contributed by atoms with Crippen LogP contribution in [0.2, 0.25) is 0 Å². The van der Waals surface area contributed by atoms with Crippen LogP contribution in [0.15, 0.2) is 28.7 Å². The van der Waals surface area contributed by atoms with E-state index in [4.69, 9.17) is 5.11 Å². The zero-order valence-corrected chi connectivity index (χ0v) is 11.1. The molecule has 18 heavy (non-hydrogen) atoms. The number of amides is 2. The molecule has 0 radical (unpaired) electrons. The van der Waals surface area contributed by atoms with Crippen LogP contribution in [0.3, 0.4) is 0 Å². The lowest BCUT2D eigenvalue weighted by Crippen LogP contribution is -2.63. The molecule has 1 fully saturated rings. The Labute approximate surface area is 113 Å². The maximum atomic E-state index is 11.7. The molecule has 1 aromatic rings. The van der Waals surface area contributed by atoms with E-state index in [1.807, 2.05) is 24.3 Å². The molecule has 2 atom stereocenters. The van der Waals surface area contributed by atoms with Crippen LogP contribution in [0.25, 0.3) is 0 Å². The molecule has 0 aromatic heterocycles. The fourth-order valence-electron chi connectivity index (χ4n) is 1.80. The molecule has 0 saturated carbocycles. The summed E-state index contributed by atoms with van der Waals surface area (Å²) in [5.41, 5.74) is 0.959. The van der Waals surface area contributed by atoms with Gasteiger partial charge in [-0.05, 0) is 17.7 Å². The topological polar surface area (TPSA) is 78.4 Å². The summed E-state index contributed by atoms with van der Waals surface area (Å²) in [4.78, 5) is 23.3. The third kappa shape index (κ3) is 2.88. The molecular formula is C12H13BrN2O3. The van der Waals surface area contributed by atoms with Crippen LogP contribution in [0.5, 0.6) is 0 Å². The summed E-state index contributed by atoms with van der Waals surface area (Å²) in [6.07, 6.45) is 0.434. The maximum absolute atomic E-state index is 11.7. The Kier molecular flexibility index (Phi) is 3.98. The summed E-state index contributed by atoms with van der Waals surface area (Å²) in [5, 5.41) is 14.0. The van der Waals surface area contributed by atoms with E-state index in [1.165, 1.54) is 0 Å². The van der Waals surface area contributed by atoms with Gasteiger partial charge in [0.05, 0.1) is 6.61 Å². The smallest absolute Gasteiger partial charge is 0.245 e. The van der Waals surface area contributed by atoms with Crippen molar-refractivity contribution >= 4 is 27.7 Å². The van der Waals surface area contributed by atoms with Crippen LogP contribution in [0.4, 0.5) is 0 Å². The van der Waals surface area contributed by atoms with Crippen LogP contribution >= 0.6 is 15.9 Å². The van der Waals surface area contributed by atoms with E-state index in [2.05, 4.69) is 26.6 Å². The average Bonchev–Trinajstić information content (AvgIpc) is 2.36. The number of piperazine rings is 1. The molecule has 1 aromatic carbocycles. The second-order valence-corrected chi connectivity index (χ2v) is 5.05. The van der Waals surface area contributed by atoms with Crippen molar-refractivity contribution in [3.8, 4) is 0 Å². The average molecular weight is 313 g/mol. The zero-order chi connectivity index (χ0) is 13.1. The molecule has 0 spiro atoms. The second-order valence-electron chi connectivity index (χ2n) is 4.14. The molecule has 1 heterocycles. The van der Waals surface area contributed by atoms with Gasteiger partial charge in [0, 0.05) is 10.9 Å². The van der Waals surface area contributed by atoms with Gasteiger partial charge in [-0.15, -0.1) is 0 Å². The number of carbonyl (C=O) groups is 2. The van der Waals surface area contributed by atoms with Crippen molar-refractivity contribution in [2.24, 2.45) is 0 Å². The van der Waals surface area contributed by atoms with Crippen molar-refractivity contribution in [3.63, 3.8) is 0 Å². The maximum Gasteiger partial charge on any atom is 0.245 e. The number of halogens is 1. The van der Waals surface area contributed by atoms with Gasteiger partial charge in [0.1, 0.15) is 12.1 Å².